The Morgan fingerprint density at radius 2 is 1.67 bits per heavy atom. The summed E-state index contributed by atoms with van der Waals surface area (Å²) in [6, 6.07) is 0. The van der Waals surface area contributed by atoms with Crippen molar-refractivity contribution in [1.29, 1.82) is 5.41 Å². The van der Waals surface area contributed by atoms with Gasteiger partial charge >= 0.3 is 0 Å². The van der Waals surface area contributed by atoms with Crippen LogP contribution in [0.1, 0.15) is 27.7 Å². The minimum absolute atomic E-state index is 0.468. The number of hydrogen-bond donors (Lipinski definition) is 2. The molecule has 0 aliphatic rings. The molecule has 0 atom stereocenters. The van der Waals surface area contributed by atoms with Crippen LogP contribution in [0.5, 0.6) is 0 Å². The van der Waals surface area contributed by atoms with E-state index in [0.717, 1.165) is 0 Å². The van der Waals surface area contributed by atoms with Crippen LogP contribution in [0.25, 0.3) is 0 Å². The van der Waals surface area contributed by atoms with Crippen LogP contribution in [0.2, 0.25) is 0 Å². The minimum Gasteiger partial charge on any atom is -0.304 e. The second kappa shape index (κ2) is 7.69. The summed E-state index contributed by atoms with van der Waals surface area (Å²) in [5.74, 6) is 0. The lowest BCUT2D eigenvalue weighted by atomic mass is 10.3. The summed E-state index contributed by atoms with van der Waals surface area (Å²) in [6.45, 7) is 7.42. The van der Waals surface area contributed by atoms with Crippen LogP contribution in [0.3, 0.4) is 0 Å². The predicted molar refractivity (Wildman–Crippen MR) is 46.8 cm³/mol. The van der Waals surface area contributed by atoms with Crippen LogP contribution in [-0.4, -0.2) is 11.4 Å². The second-order valence-electron chi connectivity index (χ2n) is 1.31. The van der Waals surface area contributed by atoms with Gasteiger partial charge in [-0.2, -0.15) is 0 Å². The van der Waals surface area contributed by atoms with Crippen LogP contribution < -0.4 is 0 Å². The Bertz CT molecular complexity index is 108. The largest absolute Gasteiger partial charge is 0.304 e. The Labute approximate surface area is 62.4 Å². The van der Waals surface area contributed by atoms with E-state index in [4.69, 9.17) is 5.41 Å². The average molecular weight is 146 g/mol. The summed E-state index contributed by atoms with van der Waals surface area (Å²) in [4.78, 5) is 0. The molecule has 0 aliphatic carbocycles. The van der Waals surface area contributed by atoms with Gasteiger partial charge in [-0.15, -0.1) is 0 Å². The Morgan fingerprint density at radius 1 is 1.33 bits per heavy atom. The third-order valence-corrected chi connectivity index (χ3v) is 0.993. The molecule has 0 spiro atoms. The maximum atomic E-state index is 6.92. The highest BCUT2D eigenvalue weighted by Crippen LogP contribution is 1.81. The van der Waals surface area contributed by atoms with Crippen molar-refractivity contribution >= 4 is 24.2 Å². The number of nitrogens with one attached hydrogen (secondary N) is 1. The van der Waals surface area contributed by atoms with Gasteiger partial charge in [0.25, 0.3) is 0 Å². The Kier molecular flexibility index (Phi) is 9.81. The normalized spacial score (nSPS) is 9.67. The van der Waals surface area contributed by atoms with Crippen molar-refractivity contribution in [1.82, 2.24) is 0 Å². The van der Waals surface area contributed by atoms with Gasteiger partial charge in [0.1, 0.15) is 0 Å². The molecule has 0 aliphatic heterocycles. The van der Waals surface area contributed by atoms with Crippen molar-refractivity contribution < 1.29 is 0 Å². The average Bonchev–Trinajstić information content (AvgIpc) is 1.91. The van der Waals surface area contributed by atoms with E-state index >= 15 is 0 Å². The monoisotopic (exact) mass is 146 g/mol. The van der Waals surface area contributed by atoms with Gasteiger partial charge in [0.2, 0.25) is 0 Å². The zero-order chi connectivity index (χ0) is 7.86. The molecule has 9 heavy (non-hydrogen) atoms. The van der Waals surface area contributed by atoms with Gasteiger partial charge in [-0.3, -0.25) is 0 Å². The smallest absolute Gasteiger partial charge is 0.0657 e. The maximum Gasteiger partial charge on any atom is 0.0657 e. The van der Waals surface area contributed by atoms with Crippen LogP contribution in [0, 0.1) is 5.41 Å². The molecule has 0 aromatic carbocycles. The summed E-state index contributed by atoms with van der Waals surface area (Å²) in [7, 11) is 0. The van der Waals surface area contributed by atoms with Gasteiger partial charge in [-0.05, 0) is 26.7 Å². The fourth-order valence-corrected chi connectivity index (χ4v) is 0.225. The molecule has 0 aromatic heterocycles. The first-order chi connectivity index (χ1) is 4.18. The number of nitrogens with zero attached hydrogens (tertiary/aromatic N) is 1. The molecule has 3 heteroatoms. The van der Waals surface area contributed by atoms with E-state index in [9.17, 15) is 0 Å². The molecule has 0 rings (SSSR count). The third kappa shape index (κ3) is 7.69. The van der Waals surface area contributed by atoms with Gasteiger partial charge in [-0.25, -0.2) is 4.40 Å². The third-order valence-electron chi connectivity index (χ3n) is 0.693. The van der Waals surface area contributed by atoms with E-state index in [-0.39, 0.29) is 0 Å². The molecular weight excluding hydrogens is 132 g/mol. The van der Waals surface area contributed by atoms with Crippen molar-refractivity contribution in [2.24, 2.45) is 4.40 Å². The first-order valence-electron chi connectivity index (χ1n) is 2.92. The summed E-state index contributed by atoms with van der Waals surface area (Å²) >= 11 is 3.60. The number of rotatable bonds is 1. The Morgan fingerprint density at radius 3 is 1.67 bits per heavy atom. The second-order valence-corrected chi connectivity index (χ2v) is 1.51. The fourth-order valence-electron chi connectivity index (χ4n) is 0.0750. The standard InChI is InChI=1S/C4H8N2S.C2H6/c1-3(5)4(2)6-7;1-2/h5,7H,1-2H3;1-2H3/b5-3?,6-4-;. The molecule has 54 valence electrons. The van der Waals surface area contributed by atoms with Crippen molar-refractivity contribution in [2.45, 2.75) is 27.7 Å². The van der Waals surface area contributed by atoms with E-state index in [1.807, 2.05) is 13.8 Å². The first kappa shape index (κ1) is 11.5. The van der Waals surface area contributed by atoms with Gasteiger partial charge in [-0.1, -0.05) is 13.8 Å². The van der Waals surface area contributed by atoms with Gasteiger partial charge in [0, 0.05) is 0 Å². The van der Waals surface area contributed by atoms with E-state index in [0.29, 0.717) is 11.4 Å². The van der Waals surface area contributed by atoms with Crippen LogP contribution in [0.4, 0.5) is 0 Å². The topological polar surface area (TPSA) is 36.2 Å². The lowest BCUT2D eigenvalue weighted by molar-refractivity contribution is 1.50. The lowest BCUT2D eigenvalue weighted by Crippen LogP contribution is -2.00. The molecule has 0 amide bonds. The summed E-state index contributed by atoms with van der Waals surface area (Å²) < 4.78 is 3.47. The first-order valence-corrected chi connectivity index (χ1v) is 3.32. The highest BCUT2D eigenvalue weighted by atomic mass is 32.1. The van der Waals surface area contributed by atoms with Crippen molar-refractivity contribution in [2.75, 3.05) is 0 Å². The molecule has 0 unspecified atom stereocenters. The van der Waals surface area contributed by atoms with Crippen molar-refractivity contribution in [3.8, 4) is 0 Å². The van der Waals surface area contributed by atoms with Crippen LogP contribution >= 0.6 is 12.8 Å². The van der Waals surface area contributed by atoms with Gasteiger partial charge in [0.05, 0.1) is 11.4 Å². The zero-order valence-electron chi connectivity index (χ0n) is 6.39. The molecule has 2 nitrogen and oxygen atoms in total. The number of hydrogen-bond acceptors (Lipinski definition) is 3. The summed E-state index contributed by atoms with van der Waals surface area (Å²) in [5.41, 5.74) is 1.14. The van der Waals surface area contributed by atoms with Crippen molar-refractivity contribution in [3.63, 3.8) is 0 Å². The highest BCUT2D eigenvalue weighted by molar-refractivity contribution is 7.79. The molecule has 0 saturated heterocycles. The molecule has 0 bridgehead atoms. The SMILES string of the molecule is CC.CC(=N)/C(C)=N\S. The molecule has 0 heterocycles. The van der Waals surface area contributed by atoms with Crippen LogP contribution in [-0.2, 0) is 0 Å². The van der Waals surface area contributed by atoms with E-state index in [2.05, 4.69) is 17.2 Å². The Balaban J connectivity index is 0. The van der Waals surface area contributed by atoms with E-state index in [1.54, 1.807) is 13.8 Å². The lowest BCUT2D eigenvalue weighted by Gasteiger charge is -1.87. The van der Waals surface area contributed by atoms with Crippen molar-refractivity contribution in [3.05, 3.63) is 0 Å². The minimum atomic E-state index is 0.468. The zero-order valence-corrected chi connectivity index (χ0v) is 7.29. The predicted octanol–water partition coefficient (Wildman–Crippen LogP) is 2.36. The molecule has 0 saturated carbocycles. The molecule has 0 radical (unpaired) electrons. The van der Waals surface area contributed by atoms with E-state index in [1.165, 1.54) is 0 Å². The summed E-state index contributed by atoms with van der Waals surface area (Å²) in [6.07, 6.45) is 0. The molecule has 1 N–H and O–H groups in total. The molecular formula is C6H14N2S. The fraction of sp³-hybridized carbons (Fsp3) is 0.667. The Hall–Kier alpha value is -0.310. The van der Waals surface area contributed by atoms with Gasteiger partial charge in [0.15, 0.2) is 0 Å². The molecule has 0 aromatic rings. The van der Waals surface area contributed by atoms with Gasteiger partial charge < -0.3 is 5.41 Å². The van der Waals surface area contributed by atoms with Crippen LogP contribution in [0.15, 0.2) is 4.40 Å². The number of thiol groups is 1. The van der Waals surface area contributed by atoms with E-state index < -0.39 is 0 Å². The maximum absolute atomic E-state index is 6.92. The highest BCUT2D eigenvalue weighted by Gasteiger charge is 1.87. The molecule has 0 fully saturated rings. The quantitative estimate of drug-likeness (QED) is 0.421. The summed E-state index contributed by atoms with van der Waals surface area (Å²) in [5, 5.41) is 6.92.